The van der Waals surface area contributed by atoms with E-state index >= 15 is 0 Å². The Morgan fingerprint density at radius 1 is 1.18 bits per heavy atom. The Hall–Kier alpha value is -2.40. The van der Waals surface area contributed by atoms with E-state index in [1.807, 2.05) is 38.1 Å². The van der Waals surface area contributed by atoms with Gasteiger partial charge in [-0.2, -0.15) is 0 Å². The Morgan fingerprint density at radius 2 is 1.86 bits per heavy atom. The van der Waals surface area contributed by atoms with Crippen LogP contribution in [-0.4, -0.2) is 17.6 Å². The second-order valence-corrected chi connectivity index (χ2v) is 5.58. The van der Waals surface area contributed by atoms with Crippen molar-refractivity contribution in [2.75, 3.05) is 6.61 Å². The molecule has 1 heterocycles. The van der Waals surface area contributed by atoms with E-state index in [1.54, 1.807) is 12.1 Å². The lowest BCUT2D eigenvalue weighted by Crippen LogP contribution is -2.35. The molecule has 0 saturated carbocycles. The summed E-state index contributed by atoms with van der Waals surface area (Å²) in [5.74, 6) is 0.793. The molecule has 0 aliphatic carbocycles. The molecule has 0 fully saturated rings. The van der Waals surface area contributed by atoms with Crippen LogP contribution in [0.1, 0.15) is 25.0 Å². The fourth-order valence-electron chi connectivity index (χ4n) is 2.84. The zero-order chi connectivity index (χ0) is 15.7. The van der Waals surface area contributed by atoms with Gasteiger partial charge >= 0.3 is 0 Å². The number of nitrogens with zero attached hydrogens (tertiary/aromatic N) is 1. The van der Waals surface area contributed by atoms with Gasteiger partial charge in [0.2, 0.25) is 0 Å². The molecule has 1 aliphatic rings. The third kappa shape index (κ3) is 2.33. The maximum Gasteiger partial charge on any atom is 0.269 e. The molecule has 0 saturated heterocycles. The highest BCUT2D eigenvalue weighted by Gasteiger charge is 2.44. The number of fused-ring (bicyclic) bond motifs is 1. The van der Waals surface area contributed by atoms with E-state index in [9.17, 15) is 10.1 Å². The van der Waals surface area contributed by atoms with E-state index in [2.05, 4.69) is 0 Å². The quantitative estimate of drug-likeness (QED) is 0.638. The highest BCUT2D eigenvalue weighted by molar-refractivity contribution is 5.50. The molecule has 2 aromatic rings. The smallest absolute Gasteiger partial charge is 0.269 e. The summed E-state index contributed by atoms with van der Waals surface area (Å²) in [5, 5.41) is 10.8. The monoisotopic (exact) mass is 299 g/mol. The lowest BCUT2D eigenvalue weighted by molar-refractivity contribution is -0.384. The lowest BCUT2D eigenvalue weighted by Gasteiger charge is -2.31. The minimum atomic E-state index is -0.722. The molecule has 1 aliphatic heterocycles. The molecule has 0 bridgehead atoms. The molecular weight excluding hydrogens is 282 g/mol. The van der Waals surface area contributed by atoms with Gasteiger partial charge in [0, 0.05) is 17.7 Å². The van der Waals surface area contributed by atoms with Crippen molar-refractivity contribution >= 4 is 5.69 Å². The number of hydrogen-bond acceptors (Lipinski definition) is 4. The van der Waals surface area contributed by atoms with Gasteiger partial charge in [-0.15, -0.1) is 0 Å². The normalized spacial score (nSPS) is 19.8. The van der Waals surface area contributed by atoms with E-state index < -0.39 is 10.5 Å². The second-order valence-electron chi connectivity index (χ2n) is 5.58. The van der Waals surface area contributed by atoms with E-state index in [-0.39, 0.29) is 11.8 Å². The van der Waals surface area contributed by atoms with Gasteiger partial charge in [-0.25, -0.2) is 0 Å². The zero-order valence-corrected chi connectivity index (χ0v) is 12.5. The highest BCUT2D eigenvalue weighted by Crippen LogP contribution is 2.45. The van der Waals surface area contributed by atoms with Crippen molar-refractivity contribution in [2.24, 2.45) is 0 Å². The molecule has 114 valence electrons. The predicted molar refractivity (Wildman–Crippen MR) is 82.0 cm³/mol. The first-order chi connectivity index (χ1) is 10.5. The van der Waals surface area contributed by atoms with Crippen LogP contribution in [0.25, 0.3) is 0 Å². The average Bonchev–Trinajstić information content (AvgIpc) is 2.87. The van der Waals surface area contributed by atoms with Crippen LogP contribution in [0.4, 0.5) is 5.69 Å². The molecule has 22 heavy (non-hydrogen) atoms. The first-order valence-corrected chi connectivity index (χ1v) is 7.18. The Bertz CT molecular complexity index is 696. The largest absolute Gasteiger partial charge is 0.489 e. The predicted octanol–water partition coefficient (Wildman–Crippen LogP) is 3.66. The average molecular weight is 299 g/mol. The number of ether oxygens (including phenoxy) is 2. The molecule has 3 rings (SSSR count). The number of hydrogen-bond donors (Lipinski definition) is 0. The van der Waals surface area contributed by atoms with Crippen molar-refractivity contribution in [1.82, 2.24) is 0 Å². The maximum atomic E-state index is 10.8. The summed E-state index contributed by atoms with van der Waals surface area (Å²) in [6, 6.07) is 14.2. The van der Waals surface area contributed by atoms with E-state index in [0.29, 0.717) is 6.61 Å². The molecule has 5 heteroatoms. The van der Waals surface area contributed by atoms with Gasteiger partial charge in [-0.3, -0.25) is 10.1 Å². The van der Waals surface area contributed by atoms with Crippen LogP contribution in [0, 0.1) is 10.1 Å². The fraction of sp³-hybridized carbons (Fsp3) is 0.294. The van der Waals surface area contributed by atoms with Crippen LogP contribution in [-0.2, 0) is 10.3 Å². The van der Waals surface area contributed by atoms with Gasteiger partial charge in [-0.05, 0) is 37.6 Å². The summed E-state index contributed by atoms with van der Waals surface area (Å²) in [5.41, 5.74) is 1.16. The third-order valence-electron chi connectivity index (χ3n) is 3.73. The van der Waals surface area contributed by atoms with Gasteiger partial charge in [0.05, 0.1) is 11.0 Å². The van der Waals surface area contributed by atoms with Crippen molar-refractivity contribution in [2.45, 2.75) is 25.6 Å². The van der Waals surface area contributed by atoms with E-state index in [4.69, 9.17) is 9.47 Å². The Kier molecular flexibility index (Phi) is 3.58. The standard InChI is InChI=1S/C17H17NO4/c1-12(2)22-17(11-21-16-6-4-3-5-15(16)17)13-7-9-14(10-8-13)18(19)20/h3-10,12H,11H2,1-2H3/t17-/m1/s1. The van der Waals surface area contributed by atoms with Crippen molar-refractivity contribution in [3.8, 4) is 5.75 Å². The molecule has 0 N–H and O–H groups in total. The summed E-state index contributed by atoms with van der Waals surface area (Å²) >= 11 is 0. The summed E-state index contributed by atoms with van der Waals surface area (Å²) in [7, 11) is 0. The summed E-state index contributed by atoms with van der Waals surface area (Å²) in [4.78, 5) is 10.4. The Balaban J connectivity index is 2.10. The van der Waals surface area contributed by atoms with Gasteiger partial charge < -0.3 is 9.47 Å². The first kappa shape index (κ1) is 14.5. The van der Waals surface area contributed by atoms with Crippen LogP contribution in [0.5, 0.6) is 5.75 Å². The third-order valence-corrected chi connectivity index (χ3v) is 3.73. The molecule has 0 aromatic heterocycles. The number of rotatable bonds is 4. The molecular formula is C17H17NO4. The van der Waals surface area contributed by atoms with Gasteiger partial charge in [0.15, 0.2) is 5.60 Å². The van der Waals surface area contributed by atoms with Crippen LogP contribution < -0.4 is 4.74 Å². The molecule has 0 radical (unpaired) electrons. The summed E-state index contributed by atoms with van der Waals surface area (Å²) in [6.45, 7) is 4.30. The van der Waals surface area contributed by atoms with Gasteiger partial charge in [0.1, 0.15) is 12.4 Å². The number of para-hydroxylation sites is 1. The molecule has 5 nitrogen and oxygen atoms in total. The topological polar surface area (TPSA) is 61.6 Å². The Morgan fingerprint density at radius 3 is 2.50 bits per heavy atom. The van der Waals surface area contributed by atoms with Crippen molar-refractivity contribution in [3.63, 3.8) is 0 Å². The number of benzene rings is 2. The Labute approximate surface area is 128 Å². The van der Waals surface area contributed by atoms with Crippen molar-refractivity contribution in [1.29, 1.82) is 0 Å². The second kappa shape index (κ2) is 5.42. The van der Waals surface area contributed by atoms with E-state index in [0.717, 1.165) is 16.9 Å². The fourth-order valence-corrected chi connectivity index (χ4v) is 2.84. The SMILES string of the molecule is CC(C)O[C@@]1(c2ccc([N+](=O)[O-])cc2)COc2ccccc21. The lowest BCUT2D eigenvalue weighted by atomic mass is 9.87. The van der Waals surface area contributed by atoms with Gasteiger partial charge in [0.25, 0.3) is 5.69 Å². The molecule has 0 amide bonds. The molecule has 2 aromatic carbocycles. The van der Waals surface area contributed by atoms with Crippen LogP contribution in [0.2, 0.25) is 0 Å². The molecule has 0 unspecified atom stereocenters. The maximum absolute atomic E-state index is 10.8. The van der Waals surface area contributed by atoms with Crippen LogP contribution in [0.3, 0.4) is 0 Å². The summed E-state index contributed by atoms with van der Waals surface area (Å²) < 4.78 is 12.0. The minimum absolute atomic E-state index is 0.00931. The molecule has 0 spiro atoms. The first-order valence-electron chi connectivity index (χ1n) is 7.18. The summed E-state index contributed by atoms with van der Waals surface area (Å²) in [6.07, 6.45) is -0.00931. The van der Waals surface area contributed by atoms with Gasteiger partial charge in [-0.1, -0.05) is 18.2 Å². The molecule has 1 atom stereocenters. The van der Waals surface area contributed by atoms with Crippen LogP contribution in [0.15, 0.2) is 48.5 Å². The van der Waals surface area contributed by atoms with Crippen LogP contribution >= 0.6 is 0 Å². The van der Waals surface area contributed by atoms with Crippen molar-refractivity contribution in [3.05, 3.63) is 69.8 Å². The zero-order valence-electron chi connectivity index (χ0n) is 12.5. The highest BCUT2D eigenvalue weighted by atomic mass is 16.6. The number of nitro benzene ring substituents is 1. The van der Waals surface area contributed by atoms with E-state index in [1.165, 1.54) is 12.1 Å². The number of nitro groups is 1. The van der Waals surface area contributed by atoms with Crippen molar-refractivity contribution < 1.29 is 14.4 Å². The minimum Gasteiger partial charge on any atom is -0.489 e. The number of non-ortho nitro benzene ring substituents is 1.